The summed E-state index contributed by atoms with van der Waals surface area (Å²) in [5.74, 6) is 2.01. The Bertz CT molecular complexity index is 732. The number of aromatic nitrogens is 1. The smallest absolute Gasteiger partial charge is 0.315 e. The van der Waals surface area contributed by atoms with Gasteiger partial charge in [-0.15, -0.1) is 0 Å². The highest BCUT2D eigenvalue weighted by molar-refractivity contribution is 5.73. The fraction of sp³-hybridized carbons (Fsp3) is 0.333. The summed E-state index contributed by atoms with van der Waals surface area (Å²) in [7, 11) is 0. The quantitative estimate of drug-likeness (QED) is 0.842. The summed E-state index contributed by atoms with van der Waals surface area (Å²) in [5.41, 5.74) is 1.84. The van der Waals surface area contributed by atoms with E-state index in [0.717, 1.165) is 16.9 Å². The van der Waals surface area contributed by atoms with Crippen molar-refractivity contribution in [2.75, 3.05) is 6.79 Å². The third-order valence-electron chi connectivity index (χ3n) is 3.50. The van der Waals surface area contributed by atoms with Crippen molar-refractivity contribution in [3.05, 3.63) is 47.7 Å². The molecule has 7 nitrogen and oxygen atoms in total. The lowest BCUT2D eigenvalue weighted by molar-refractivity contribution is 0.174. The van der Waals surface area contributed by atoms with E-state index in [-0.39, 0.29) is 18.9 Å². The van der Waals surface area contributed by atoms with E-state index in [4.69, 9.17) is 14.2 Å². The van der Waals surface area contributed by atoms with Gasteiger partial charge < -0.3 is 24.8 Å². The SMILES string of the molecule is CC(C)Oc1ccc(CNC(=O)NCc2ccc3c(c2)OCO3)cn1. The number of benzene rings is 1. The zero-order valence-corrected chi connectivity index (χ0v) is 14.2. The summed E-state index contributed by atoms with van der Waals surface area (Å²) in [6.07, 6.45) is 1.77. The number of carbonyl (C=O) groups is 1. The molecule has 1 aromatic heterocycles. The molecule has 0 saturated carbocycles. The van der Waals surface area contributed by atoms with Crippen LogP contribution in [0.15, 0.2) is 36.5 Å². The molecule has 1 aliphatic heterocycles. The van der Waals surface area contributed by atoms with Gasteiger partial charge in [-0.1, -0.05) is 12.1 Å². The van der Waals surface area contributed by atoms with Crippen molar-refractivity contribution in [1.82, 2.24) is 15.6 Å². The molecule has 0 unspecified atom stereocenters. The fourth-order valence-electron chi connectivity index (χ4n) is 2.30. The number of carbonyl (C=O) groups excluding carboxylic acids is 1. The maximum atomic E-state index is 11.9. The van der Waals surface area contributed by atoms with Crippen LogP contribution >= 0.6 is 0 Å². The number of urea groups is 1. The van der Waals surface area contributed by atoms with Crippen LogP contribution in [0.4, 0.5) is 4.79 Å². The minimum atomic E-state index is -0.250. The number of amides is 2. The van der Waals surface area contributed by atoms with Crippen LogP contribution < -0.4 is 24.8 Å². The molecule has 132 valence electrons. The molecule has 2 amide bonds. The number of pyridine rings is 1. The molecular weight excluding hydrogens is 322 g/mol. The minimum absolute atomic E-state index is 0.0819. The van der Waals surface area contributed by atoms with Crippen molar-refractivity contribution >= 4 is 6.03 Å². The van der Waals surface area contributed by atoms with E-state index in [1.165, 1.54) is 0 Å². The molecule has 2 heterocycles. The molecule has 1 aromatic carbocycles. The van der Waals surface area contributed by atoms with Crippen molar-refractivity contribution in [2.45, 2.75) is 33.0 Å². The summed E-state index contributed by atoms with van der Waals surface area (Å²) < 4.78 is 16.1. The highest BCUT2D eigenvalue weighted by Gasteiger charge is 2.13. The summed E-state index contributed by atoms with van der Waals surface area (Å²) in [5, 5.41) is 5.60. The van der Waals surface area contributed by atoms with Gasteiger partial charge in [0.05, 0.1) is 6.10 Å². The number of hydrogen-bond acceptors (Lipinski definition) is 5. The predicted octanol–water partition coefficient (Wildman–Crippen LogP) is 2.60. The number of ether oxygens (including phenoxy) is 3. The lowest BCUT2D eigenvalue weighted by Crippen LogP contribution is -2.34. The first-order valence-corrected chi connectivity index (χ1v) is 8.12. The maximum absolute atomic E-state index is 11.9. The van der Waals surface area contributed by atoms with E-state index in [1.807, 2.05) is 38.1 Å². The van der Waals surface area contributed by atoms with Crippen molar-refractivity contribution in [1.29, 1.82) is 0 Å². The Morgan fingerprint density at radius 1 is 1.12 bits per heavy atom. The van der Waals surface area contributed by atoms with Crippen LogP contribution in [0.1, 0.15) is 25.0 Å². The Balaban J connectivity index is 1.43. The number of fused-ring (bicyclic) bond motifs is 1. The van der Waals surface area contributed by atoms with Gasteiger partial charge in [0, 0.05) is 25.4 Å². The molecule has 0 bridgehead atoms. The molecule has 0 radical (unpaired) electrons. The van der Waals surface area contributed by atoms with Gasteiger partial charge in [-0.05, 0) is 37.1 Å². The van der Waals surface area contributed by atoms with Gasteiger partial charge >= 0.3 is 6.03 Å². The van der Waals surface area contributed by atoms with Crippen molar-refractivity contribution in [3.63, 3.8) is 0 Å². The van der Waals surface area contributed by atoms with Crippen LogP contribution in [0.2, 0.25) is 0 Å². The van der Waals surface area contributed by atoms with Crippen LogP contribution in [0, 0.1) is 0 Å². The minimum Gasteiger partial charge on any atom is -0.475 e. The number of nitrogens with one attached hydrogen (secondary N) is 2. The molecule has 1 aliphatic rings. The van der Waals surface area contributed by atoms with Gasteiger partial charge in [0.1, 0.15) is 0 Å². The van der Waals surface area contributed by atoms with Gasteiger partial charge in [0.2, 0.25) is 12.7 Å². The van der Waals surface area contributed by atoms with E-state index in [0.29, 0.717) is 24.7 Å². The molecule has 0 atom stereocenters. The molecule has 2 aromatic rings. The van der Waals surface area contributed by atoms with Gasteiger partial charge in [0.25, 0.3) is 0 Å². The molecular formula is C18H21N3O4. The standard InChI is InChI=1S/C18H21N3O4/c1-12(2)25-17-6-4-14(9-19-17)10-21-18(22)20-8-13-3-5-15-16(7-13)24-11-23-15/h3-7,9,12H,8,10-11H2,1-2H3,(H2,20,21,22). The summed E-state index contributed by atoms with van der Waals surface area (Å²) in [6.45, 7) is 4.93. The Morgan fingerprint density at radius 2 is 1.84 bits per heavy atom. The van der Waals surface area contributed by atoms with E-state index in [1.54, 1.807) is 12.3 Å². The van der Waals surface area contributed by atoms with Crippen LogP contribution in [0.25, 0.3) is 0 Å². The molecule has 3 rings (SSSR count). The van der Waals surface area contributed by atoms with Crippen LogP contribution in [0.5, 0.6) is 17.4 Å². The first kappa shape index (κ1) is 16.9. The average Bonchev–Trinajstić information content (AvgIpc) is 3.06. The molecule has 0 aliphatic carbocycles. The predicted molar refractivity (Wildman–Crippen MR) is 91.6 cm³/mol. The average molecular weight is 343 g/mol. The molecule has 0 spiro atoms. The number of hydrogen-bond donors (Lipinski definition) is 2. The second-order valence-electron chi connectivity index (χ2n) is 5.90. The number of nitrogens with zero attached hydrogens (tertiary/aromatic N) is 1. The Hall–Kier alpha value is -2.96. The zero-order chi connectivity index (χ0) is 17.6. The topological polar surface area (TPSA) is 81.7 Å². The van der Waals surface area contributed by atoms with Crippen LogP contribution in [0.3, 0.4) is 0 Å². The zero-order valence-electron chi connectivity index (χ0n) is 14.2. The van der Waals surface area contributed by atoms with E-state index in [2.05, 4.69) is 15.6 Å². The Labute approximate surface area is 146 Å². The molecule has 25 heavy (non-hydrogen) atoms. The van der Waals surface area contributed by atoms with E-state index >= 15 is 0 Å². The van der Waals surface area contributed by atoms with Crippen molar-refractivity contribution < 1.29 is 19.0 Å². The largest absolute Gasteiger partial charge is 0.475 e. The lowest BCUT2D eigenvalue weighted by Gasteiger charge is -2.10. The first-order valence-electron chi connectivity index (χ1n) is 8.12. The molecule has 0 fully saturated rings. The van der Waals surface area contributed by atoms with E-state index < -0.39 is 0 Å². The molecule has 7 heteroatoms. The lowest BCUT2D eigenvalue weighted by atomic mass is 10.2. The van der Waals surface area contributed by atoms with Gasteiger partial charge in [0.15, 0.2) is 11.5 Å². The highest BCUT2D eigenvalue weighted by Crippen LogP contribution is 2.32. The molecule has 0 saturated heterocycles. The Morgan fingerprint density at radius 3 is 2.56 bits per heavy atom. The van der Waals surface area contributed by atoms with Crippen molar-refractivity contribution in [2.24, 2.45) is 0 Å². The maximum Gasteiger partial charge on any atom is 0.315 e. The third-order valence-corrected chi connectivity index (χ3v) is 3.50. The summed E-state index contributed by atoms with van der Waals surface area (Å²) >= 11 is 0. The van der Waals surface area contributed by atoms with Gasteiger partial charge in [-0.2, -0.15) is 0 Å². The van der Waals surface area contributed by atoms with Crippen LogP contribution in [-0.4, -0.2) is 23.9 Å². The van der Waals surface area contributed by atoms with Crippen molar-refractivity contribution in [3.8, 4) is 17.4 Å². The van der Waals surface area contributed by atoms with Crippen LogP contribution in [-0.2, 0) is 13.1 Å². The summed E-state index contributed by atoms with van der Waals surface area (Å²) in [6, 6.07) is 9.01. The van der Waals surface area contributed by atoms with Gasteiger partial charge in [-0.25, -0.2) is 9.78 Å². The fourth-order valence-corrected chi connectivity index (χ4v) is 2.30. The van der Waals surface area contributed by atoms with E-state index in [9.17, 15) is 4.79 Å². The summed E-state index contributed by atoms with van der Waals surface area (Å²) in [4.78, 5) is 16.1. The molecule has 2 N–H and O–H groups in total. The third kappa shape index (κ3) is 4.76. The highest BCUT2D eigenvalue weighted by atomic mass is 16.7. The Kier molecular flexibility index (Phi) is 5.23. The first-order chi connectivity index (χ1) is 12.1. The second kappa shape index (κ2) is 7.74. The van der Waals surface area contributed by atoms with Gasteiger partial charge in [-0.3, -0.25) is 0 Å². The monoisotopic (exact) mass is 343 g/mol. The normalized spacial score (nSPS) is 12.1. The number of rotatable bonds is 6. The second-order valence-corrected chi connectivity index (χ2v) is 5.90.